The Morgan fingerprint density at radius 2 is 1.67 bits per heavy atom. The third kappa shape index (κ3) is 10.8. The number of nitrogens with zero attached hydrogens (tertiary/aromatic N) is 1. The summed E-state index contributed by atoms with van der Waals surface area (Å²) in [6.45, 7) is 9.34. The van der Waals surface area contributed by atoms with E-state index >= 15 is 4.79 Å². The maximum Gasteiger partial charge on any atom is 0.316 e. The van der Waals surface area contributed by atoms with Crippen molar-refractivity contribution in [3.63, 3.8) is 0 Å². The Morgan fingerprint density at radius 1 is 0.981 bits per heavy atom. The summed E-state index contributed by atoms with van der Waals surface area (Å²) in [5.74, 6) is -2.76. The molecule has 1 unspecified atom stereocenters. The van der Waals surface area contributed by atoms with E-state index in [1.165, 1.54) is 6.92 Å². The molecule has 0 spiro atoms. The third-order valence-corrected chi connectivity index (χ3v) is 10.5. The van der Waals surface area contributed by atoms with Gasteiger partial charge in [0.25, 0.3) is 0 Å². The number of urea groups is 1. The number of amides is 6. The van der Waals surface area contributed by atoms with Crippen molar-refractivity contribution in [1.82, 2.24) is 15.5 Å². The second-order valence-electron chi connectivity index (χ2n) is 15.9. The number of ether oxygens (including phenoxy) is 1. The molecule has 54 heavy (non-hydrogen) atoms. The van der Waals surface area contributed by atoms with Crippen LogP contribution in [0.2, 0.25) is 0 Å². The van der Waals surface area contributed by atoms with Crippen molar-refractivity contribution in [2.24, 2.45) is 29.2 Å². The van der Waals surface area contributed by atoms with Gasteiger partial charge in [0.2, 0.25) is 23.6 Å². The maximum atomic E-state index is 15.5. The normalized spacial score (nSPS) is 18.4. The molecule has 2 aromatic carbocycles. The van der Waals surface area contributed by atoms with Crippen molar-refractivity contribution < 1.29 is 33.8 Å². The monoisotopic (exact) mass is 748 g/mol. The highest BCUT2D eigenvalue weighted by Gasteiger charge is 2.58. The van der Waals surface area contributed by atoms with Crippen molar-refractivity contribution in [3.05, 3.63) is 59.7 Å². The van der Waals surface area contributed by atoms with Gasteiger partial charge in [0, 0.05) is 24.7 Å². The first-order chi connectivity index (χ1) is 25.6. The van der Waals surface area contributed by atoms with Gasteiger partial charge in [0.15, 0.2) is 0 Å². The number of benzene rings is 2. The number of anilines is 1. The molecule has 5 atom stereocenters. The van der Waals surface area contributed by atoms with Crippen LogP contribution in [-0.4, -0.2) is 76.5 Å². The SMILES string of the molecule is CC(=O)N(C(=O)[C@@H](N)Cc1ccccc1)[C@](CC(C)C)(C(=O)N[C@@H](CC1CCCCC1)[C@@H](O)CC(=O)NCC(C)C)C1COc2ccc(NC(N)=O)cc21. The predicted molar refractivity (Wildman–Crippen MR) is 207 cm³/mol. The van der Waals surface area contributed by atoms with Crippen LogP contribution in [0.25, 0.3) is 0 Å². The lowest BCUT2D eigenvalue weighted by Gasteiger charge is -2.47. The quantitative estimate of drug-likeness (QED) is 0.137. The van der Waals surface area contributed by atoms with Crippen molar-refractivity contribution in [3.8, 4) is 5.75 Å². The molecule has 8 N–H and O–H groups in total. The lowest BCUT2D eigenvalue weighted by atomic mass is 9.72. The van der Waals surface area contributed by atoms with Crippen LogP contribution in [0.3, 0.4) is 0 Å². The summed E-state index contributed by atoms with van der Waals surface area (Å²) in [7, 11) is 0. The van der Waals surface area contributed by atoms with Gasteiger partial charge in [-0.3, -0.25) is 24.1 Å². The lowest BCUT2D eigenvalue weighted by molar-refractivity contribution is -0.162. The first kappa shape index (κ1) is 42.3. The second-order valence-corrected chi connectivity index (χ2v) is 15.9. The van der Waals surface area contributed by atoms with Crippen LogP contribution in [0.1, 0.15) is 103 Å². The van der Waals surface area contributed by atoms with E-state index in [0.717, 1.165) is 42.6 Å². The Bertz CT molecular complexity index is 1610. The Hall–Kier alpha value is -4.49. The molecule has 1 fully saturated rings. The van der Waals surface area contributed by atoms with Crippen LogP contribution in [-0.2, 0) is 25.6 Å². The summed E-state index contributed by atoms with van der Waals surface area (Å²) in [4.78, 5) is 70.1. The van der Waals surface area contributed by atoms with Crippen molar-refractivity contribution in [2.75, 3.05) is 18.5 Å². The fourth-order valence-corrected chi connectivity index (χ4v) is 8.06. The van der Waals surface area contributed by atoms with Crippen LogP contribution in [0, 0.1) is 17.8 Å². The fraction of sp³-hybridized carbons (Fsp3) is 0.585. The summed E-state index contributed by atoms with van der Waals surface area (Å²) >= 11 is 0. The number of imide groups is 1. The number of nitrogens with two attached hydrogens (primary N) is 2. The number of carbonyl (C=O) groups is 5. The van der Waals surface area contributed by atoms with E-state index in [2.05, 4.69) is 16.0 Å². The minimum absolute atomic E-state index is 0.0181. The molecular formula is C41H60N6O7. The summed E-state index contributed by atoms with van der Waals surface area (Å²) in [5.41, 5.74) is 11.8. The number of fused-ring (bicyclic) bond motifs is 1. The summed E-state index contributed by atoms with van der Waals surface area (Å²) in [6.07, 6.45) is 4.05. The van der Waals surface area contributed by atoms with E-state index in [-0.39, 0.29) is 49.5 Å². The zero-order valence-corrected chi connectivity index (χ0v) is 32.4. The van der Waals surface area contributed by atoms with Crippen LogP contribution >= 0.6 is 0 Å². The zero-order valence-electron chi connectivity index (χ0n) is 32.4. The van der Waals surface area contributed by atoms with Gasteiger partial charge in [-0.05, 0) is 60.8 Å². The van der Waals surface area contributed by atoms with Crippen molar-refractivity contribution in [1.29, 1.82) is 0 Å². The number of carbonyl (C=O) groups excluding carboxylic acids is 5. The average molecular weight is 749 g/mol. The highest BCUT2D eigenvalue weighted by molar-refractivity contribution is 6.04. The number of aliphatic hydroxyl groups excluding tert-OH is 1. The topological polar surface area (TPSA) is 206 Å². The Morgan fingerprint density at radius 3 is 2.28 bits per heavy atom. The molecule has 0 bridgehead atoms. The minimum Gasteiger partial charge on any atom is -0.493 e. The minimum atomic E-state index is -1.91. The number of nitrogens with one attached hydrogen (secondary N) is 3. The van der Waals surface area contributed by atoms with Crippen LogP contribution in [0.4, 0.5) is 10.5 Å². The number of rotatable bonds is 17. The number of hydrogen-bond acceptors (Lipinski definition) is 8. The summed E-state index contributed by atoms with van der Waals surface area (Å²) in [5, 5.41) is 20.2. The van der Waals surface area contributed by atoms with Gasteiger partial charge in [-0.15, -0.1) is 0 Å². The molecule has 4 rings (SSSR count). The van der Waals surface area contributed by atoms with E-state index in [1.54, 1.807) is 18.2 Å². The summed E-state index contributed by atoms with van der Waals surface area (Å²) < 4.78 is 6.14. The predicted octanol–water partition coefficient (Wildman–Crippen LogP) is 4.36. The molecule has 1 saturated carbocycles. The zero-order chi connectivity index (χ0) is 39.6. The molecule has 6 amide bonds. The van der Waals surface area contributed by atoms with Crippen LogP contribution in [0.5, 0.6) is 5.75 Å². The third-order valence-electron chi connectivity index (χ3n) is 10.5. The first-order valence-corrected chi connectivity index (χ1v) is 19.3. The molecule has 0 aromatic heterocycles. The van der Waals surface area contributed by atoms with E-state index in [4.69, 9.17) is 16.2 Å². The molecule has 13 nitrogen and oxygen atoms in total. The van der Waals surface area contributed by atoms with E-state index in [9.17, 15) is 24.3 Å². The van der Waals surface area contributed by atoms with Crippen LogP contribution in [0.15, 0.2) is 48.5 Å². The molecule has 0 radical (unpaired) electrons. The van der Waals surface area contributed by atoms with Gasteiger partial charge < -0.3 is 37.3 Å². The van der Waals surface area contributed by atoms with Gasteiger partial charge in [0.05, 0.1) is 37.1 Å². The Balaban J connectivity index is 1.85. The molecule has 296 valence electrons. The van der Waals surface area contributed by atoms with Gasteiger partial charge >= 0.3 is 6.03 Å². The van der Waals surface area contributed by atoms with E-state index < -0.39 is 53.4 Å². The van der Waals surface area contributed by atoms with Gasteiger partial charge in [-0.1, -0.05) is 90.1 Å². The average Bonchev–Trinajstić information content (AvgIpc) is 3.54. The second kappa shape index (κ2) is 19.2. The molecule has 1 aliphatic carbocycles. The molecule has 0 saturated heterocycles. The molecule has 13 heteroatoms. The van der Waals surface area contributed by atoms with Crippen LogP contribution < -0.4 is 32.2 Å². The van der Waals surface area contributed by atoms with Gasteiger partial charge in [-0.25, -0.2) is 4.79 Å². The Labute approximate surface area is 319 Å². The molecule has 2 aromatic rings. The van der Waals surface area contributed by atoms with Crippen molar-refractivity contribution >= 4 is 35.3 Å². The number of hydrogen-bond donors (Lipinski definition) is 6. The molecular weight excluding hydrogens is 688 g/mol. The number of primary amides is 1. The fourth-order valence-electron chi connectivity index (χ4n) is 8.06. The molecule has 1 aliphatic heterocycles. The smallest absolute Gasteiger partial charge is 0.316 e. The standard InChI is InChI=1S/C41H60N6O7/c1-25(2)22-41(32-24-54-36-17-16-30(20-31(32)36)45-40(43)53,47(27(5)48)38(51)33(42)18-28-12-8-6-9-13-28)39(52)46-34(19-29-14-10-7-11-15-29)35(49)21-37(50)44-23-26(3)4/h6,8-9,12-13,16-17,20,25-26,29,32-35,49H,7,10-11,14-15,18-19,21-24,42H2,1-5H3,(H,44,50)(H,46,52)(H3,43,45,53)/t32?,33-,34-,35-,41-/m0/s1. The first-order valence-electron chi connectivity index (χ1n) is 19.3. The highest BCUT2D eigenvalue weighted by Crippen LogP contribution is 2.48. The lowest BCUT2D eigenvalue weighted by Crippen LogP contribution is -2.69. The van der Waals surface area contributed by atoms with E-state index in [0.29, 0.717) is 30.0 Å². The maximum absolute atomic E-state index is 15.5. The molecule has 1 heterocycles. The van der Waals surface area contributed by atoms with Gasteiger partial charge in [0.1, 0.15) is 11.3 Å². The number of aliphatic hydroxyl groups is 1. The molecule has 2 aliphatic rings. The van der Waals surface area contributed by atoms with Gasteiger partial charge in [-0.2, -0.15) is 0 Å². The Kier molecular flexibility index (Phi) is 15.0. The van der Waals surface area contributed by atoms with Crippen molar-refractivity contribution in [2.45, 2.75) is 122 Å². The van der Waals surface area contributed by atoms with E-state index in [1.807, 2.05) is 58.0 Å². The summed E-state index contributed by atoms with van der Waals surface area (Å²) in [6, 6.07) is 11.2. The highest BCUT2D eigenvalue weighted by atomic mass is 16.5. The largest absolute Gasteiger partial charge is 0.493 e.